The van der Waals surface area contributed by atoms with Gasteiger partial charge in [0.05, 0.1) is 5.69 Å². The topological polar surface area (TPSA) is 55.6 Å². The zero-order chi connectivity index (χ0) is 11.7. The molecule has 1 N–H and O–H groups in total. The van der Waals surface area contributed by atoms with Gasteiger partial charge >= 0.3 is 0 Å². The van der Waals surface area contributed by atoms with Crippen LogP contribution < -0.4 is 5.32 Å². The molecule has 0 atom stereocenters. The van der Waals surface area contributed by atoms with Crippen LogP contribution in [0, 0.1) is 0 Å². The fourth-order valence-corrected chi connectivity index (χ4v) is 1.72. The fourth-order valence-electron chi connectivity index (χ4n) is 1.72. The van der Waals surface area contributed by atoms with E-state index < -0.39 is 0 Å². The van der Waals surface area contributed by atoms with Crippen LogP contribution in [0.5, 0.6) is 0 Å². The molecule has 0 aliphatic heterocycles. The minimum absolute atomic E-state index is 0.688. The average molecular weight is 229 g/mol. The van der Waals surface area contributed by atoms with Crippen LogP contribution in [-0.2, 0) is 13.6 Å². The zero-order valence-corrected chi connectivity index (χ0v) is 9.80. The van der Waals surface area contributed by atoms with E-state index in [0.717, 1.165) is 18.1 Å². The van der Waals surface area contributed by atoms with Crippen molar-refractivity contribution in [3.05, 3.63) is 30.4 Å². The third-order valence-electron chi connectivity index (χ3n) is 2.88. The van der Waals surface area contributed by atoms with Crippen molar-refractivity contribution < 1.29 is 0 Å². The fraction of sp³-hybridized carbons (Fsp3) is 0.417. The first-order valence-corrected chi connectivity index (χ1v) is 5.86. The molecular weight excluding hydrogens is 214 g/mol. The summed E-state index contributed by atoms with van der Waals surface area (Å²) in [4.78, 5) is 13.0. The predicted molar refractivity (Wildman–Crippen MR) is 64.1 cm³/mol. The van der Waals surface area contributed by atoms with E-state index in [9.17, 15) is 0 Å². The summed E-state index contributed by atoms with van der Waals surface area (Å²) in [5, 5.41) is 3.44. The molecule has 17 heavy (non-hydrogen) atoms. The Morgan fingerprint density at radius 1 is 1.35 bits per heavy atom. The molecule has 3 rings (SSSR count). The lowest BCUT2D eigenvalue weighted by Crippen LogP contribution is -2.16. The van der Waals surface area contributed by atoms with Gasteiger partial charge in [0, 0.05) is 38.2 Å². The lowest BCUT2D eigenvalue weighted by Gasteiger charge is -2.04. The number of nitrogens with one attached hydrogen (secondary N) is 1. The highest BCUT2D eigenvalue weighted by atomic mass is 15.1. The average Bonchev–Trinajstić information content (AvgIpc) is 3.08. The summed E-state index contributed by atoms with van der Waals surface area (Å²) < 4.78 is 1.92. The van der Waals surface area contributed by atoms with Gasteiger partial charge in [-0.2, -0.15) is 0 Å². The van der Waals surface area contributed by atoms with Crippen LogP contribution in [0.15, 0.2) is 24.7 Å². The van der Waals surface area contributed by atoms with Gasteiger partial charge in [0.1, 0.15) is 0 Å². The summed E-state index contributed by atoms with van der Waals surface area (Å²) in [6, 6.07) is 2.64. The molecular formula is C12H15N5. The van der Waals surface area contributed by atoms with Crippen LogP contribution in [0.4, 0.5) is 0 Å². The Bertz CT molecular complexity index is 515. The largest absolute Gasteiger partial charge is 0.331 e. The first-order valence-electron chi connectivity index (χ1n) is 5.86. The summed E-state index contributed by atoms with van der Waals surface area (Å²) in [7, 11) is 1.95. The minimum atomic E-state index is 0.688. The van der Waals surface area contributed by atoms with Crippen molar-refractivity contribution in [2.75, 3.05) is 0 Å². The second-order valence-corrected chi connectivity index (χ2v) is 4.39. The monoisotopic (exact) mass is 229 g/mol. The van der Waals surface area contributed by atoms with Gasteiger partial charge in [0.2, 0.25) is 0 Å². The van der Waals surface area contributed by atoms with E-state index in [4.69, 9.17) is 0 Å². The van der Waals surface area contributed by atoms with E-state index in [1.807, 2.05) is 23.9 Å². The highest BCUT2D eigenvalue weighted by Crippen LogP contribution is 2.19. The van der Waals surface area contributed by atoms with Crippen molar-refractivity contribution in [2.24, 2.45) is 7.05 Å². The van der Waals surface area contributed by atoms with E-state index >= 15 is 0 Å². The van der Waals surface area contributed by atoms with Crippen molar-refractivity contribution in [3.8, 4) is 11.6 Å². The van der Waals surface area contributed by atoms with E-state index in [-0.39, 0.29) is 0 Å². The van der Waals surface area contributed by atoms with E-state index in [1.54, 1.807) is 12.4 Å². The Morgan fingerprint density at radius 3 is 2.94 bits per heavy atom. The molecule has 0 unspecified atom stereocenters. The van der Waals surface area contributed by atoms with Gasteiger partial charge < -0.3 is 9.88 Å². The predicted octanol–water partition coefficient (Wildman–Crippen LogP) is 1.13. The van der Waals surface area contributed by atoms with Gasteiger partial charge in [-0.25, -0.2) is 15.0 Å². The van der Waals surface area contributed by atoms with Crippen molar-refractivity contribution in [2.45, 2.75) is 25.4 Å². The molecule has 5 heteroatoms. The van der Waals surface area contributed by atoms with Gasteiger partial charge in [0.25, 0.3) is 0 Å². The van der Waals surface area contributed by atoms with Gasteiger partial charge in [-0.05, 0) is 18.9 Å². The molecule has 2 heterocycles. The van der Waals surface area contributed by atoms with E-state index in [1.165, 1.54) is 12.8 Å². The van der Waals surface area contributed by atoms with Crippen molar-refractivity contribution in [1.82, 2.24) is 24.8 Å². The Morgan fingerprint density at radius 2 is 2.24 bits per heavy atom. The van der Waals surface area contributed by atoms with Crippen LogP contribution in [0.2, 0.25) is 0 Å². The lowest BCUT2D eigenvalue weighted by molar-refractivity contribution is 0.672. The molecule has 0 aromatic carbocycles. The Hall–Kier alpha value is -1.75. The molecule has 0 spiro atoms. The molecule has 1 aliphatic carbocycles. The number of aromatic nitrogens is 4. The molecule has 0 radical (unpaired) electrons. The molecule has 0 saturated heterocycles. The summed E-state index contributed by atoms with van der Waals surface area (Å²) in [6.07, 6.45) is 8.02. The van der Waals surface area contributed by atoms with Crippen LogP contribution >= 0.6 is 0 Å². The normalized spacial score (nSPS) is 15.1. The number of aryl methyl sites for hydroxylation is 1. The number of rotatable bonds is 4. The van der Waals surface area contributed by atoms with Gasteiger partial charge in [-0.3, -0.25) is 0 Å². The first-order chi connectivity index (χ1) is 8.33. The maximum atomic E-state index is 4.52. The molecule has 1 aliphatic rings. The number of hydrogen-bond acceptors (Lipinski definition) is 4. The Labute approximate surface area is 99.9 Å². The molecule has 88 valence electrons. The minimum Gasteiger partial charge on any atom is -0.331 e. The first kappa shape index (κ1) is 10.4. The van der Waals surface area contributed by atoms with Gasteiger partial charge in [0.15, 0.2) is 11.6 Å². The second-order valence-electron chi connectivity index (χ2n) is 4.39. The Kier molecular flexibility index (Phi) is 2.60. The summed E-state index contributed by atoms with van der Waals surface area (Å²) in [6.45, 7) is 0.810. The van der Waals surface area contributed by atoms with Crippen molar-refractivity contribution in [3.63, 3.8) is 0 Å². The SMILES string of the molecule is Cn1ccnc1-c1nccc(CNC2CC2)n1. The molecule has 2 aromatic heterocycles. The van der Waals surface area contributed by atoms with Crippen LogP contribution in [0.25, 0.3) is 11.6 Å². The highest BCUT2D eigenvalue weighted by Gasteiger charge is 2.20. The molecule has 5 nitrogen and oxygen atoms in total. The Balaban J connectivity index is 1.80. The van der Waals surface area contributed by atoms with Crippen LogP contribution in [0.3, 0.4) is 0 Å². The molecule has 1 fully saturated rings. The summed E-state index contributed by atoms with van der Waals surface area (Å²) in [5.74, 6) is 1.49. The zero-order valence-electron chi connectivity index (χ0n) is 9.80. The van der Waals surface area contributed by atoms with E-state index in [0.29, 0.717) is 11.9 Å². The summed E-state index contributed by atoms with van der Waals surface area (Å²) in [5.41, 5.74) is 1.02. The van der Waals surface area contributed by atoms with E-state index in [2.05, 4.69) is 20.3 Å². The standard InChI is InChI=1S/C12H15N5/c1-17-7-6-14-12(17)11-13-5-4-10(16-11)8-15-9-2-3-9/h4-7,9,15H,2-3,8H2,1H3. The van der Waals surface area contributed by atoms with Crippen LogP contribution in [0.1, 0.15) is 18.5 Å². The second kappa shape index (κ2) is 4.25. The van der Waals surface area contributed by atoms with Gasteiger partial charge in [-0.1, -0.05) is 0 Å². The molecule has 2 aromatic rings. The van der Waals surface area contributed by atoms with Crippen molar-refractivity contribution >= 4 is 0 Å². The number of imidazole rings is 1. The maximum Gasteiger partial charge on any atom is 0.196 e. The highest BCUT2D eigenvalue weighted by molar-refractivity contribution is 5.43. The molecule has 0 amide bonds. The van der Waals surface area contributed by atoms with Gasteiger partial charge in [-0.15, -0.1) is 0 Å². The van der Waals surface area contributed by atoms with Crippen LogP contribution in [-0.4, -0.2) is 25.6 Å². The third-order valence-corrected chi connectivity index (χ3v) is 2.88. The molecule has 1 saturated carbocycles. The number of hydrogen-bond donors (Lipinski definition) is 1. The number of nitrogens with zero attached hydrogens (tertiary/aromatic N) is 4. The lowest BCUT2D eigenvalue weighted by atomic mass is 10.4. The smallest absolute Gasteiger partial charge is 0.196 e. The third kappa shape index (κ3) is 2.34. The quantitative estimate of drug-likeness (QED) is 0.854. The molecule has 0 bridgehead atoms. The maximum absolute atomic E-state index is 4.52. The summed E-state index contributed by atoms with van der Waals surface area (Å²) >= 11 is 0. The van der Waals surface area contributed by atoms with Crippen molar-refractivity contribution in [1.29, 1.82) is 0 Å².